The lowest BCUT2D eigenvalue weighted by atomic mass is 9.98. The molecule has 0 spiro atoms. The molecule has 7 heteroatoms. The molecule has 3 unspecified atom stereocenters. The summed E-state index contributed by atoms with van der Waals surface area (Å²) in [5, 5.41) is 14.7. The van der Waals surface area contributed by atoms with Gasteiger partial charge in [-0.15, -0.1) is 0 Å². The lowest BCUT2D eigenvalue weighted by molar-refractivity contribution is -0.140. The molecule has 7 nitrogen and oxygen atoms in total. The van der Waals surface area contributed by atoms with Gasteiger partial charge in [0.1, 0.15) is 6.61 Å². The Bertz CT molecular complexity index is 1050. The fourth-order valence-corrected chi connectivity index (χ4v) is 4.75. The number of amides is 2. The van der Waals surface area contributed by atoms with Crippen LogP contribution in [0.2, 0.25) is 0 Å². The fourth-order valence-electron chi connectivity index (χ4n) is 4.75. The maximum Gasteiger partial charge on any atom is 0.407 e. The van der Waals surface area contributed by atoms with Crippen molar-refractivity contribution in [1.29, 1.82) is 0 Å². The maximum atomic E-state index is 12.4. The molecule has 2 aromatic carbocycles. The number of nitrogens with one attached hydrogen (secondary N) is 2. The maximum absolute atomic E-state index is 12.4. The van der Waals surface area contributed by atoms with Crippen molar-refractivity contribution in [3.8, 4) is 11.1 Å². The summed E-state index contributed by atoms with van der Waals surface area (Å²) in [6.07, 6.45) is 4.19. The first-order chi connectivity index (χ1) is 16.5. The van der Waals surface area contributed by atoms with Gasteiger partial charge in [0.25, 0.3) is 0 Å². The van der Waals surface area contributed by atoms with Crippen LogP contribution < -0.4 is 10.6 Å². The molecule has 0 heterocycles. The number of ether oxygens (including phenoxy) is 1. The van der Waals surface area contributed by atoms with Gasteiger partial charge in [0.05, 0.1) is 5.92 Å². The van der Waals surface area contributed by atoms with Gasteiger partial charge in [-0.25, -0.2) is 4.79 Å². The van der Waals surface area contributed by atoms with Crippen molar-refractivity contribution in [2.45, 2.75) is 38.1 Å². The summed E-state index contributed by atoms with van der Waals surface area (Å²) >= 11 is 0. The third-order valence-corrected chi connectivity index (χ3v) is 6.68. The molecule has 2 amide bonds. The van der Waals surface area contributed by atoms with E-state index < -0.39 is 18.0 Å². The Hall–Kier alpha value is -3.61. The third kappa shape index (κ3) is 5.30. The van der Waals surface area contributed by atoms with Crippen molar-refractivity contribution in [3.05, 3.63) is 71.8 Å². The lowest BCUT2D eigenvalue weighted by Crippen LogP contribution is -2.37. The van der Waals surface area contributed by atoms with Crippen LogP contribution in [0.5, 0.6) is 0 Å². The van der Waals surface area contributed by atoms with Gasteiger partial charge in [0, 0.05) is 24.9 Å². The van der Waals surface area contributed by atoms with E-state index in [0.29, 0.717) is 13.0 Å². The van der Waals surface area contributed by atoms with Gasteiger partial charge in [0.15, 0.2) is 0 Å². The van der Waals surface area contributed by atoms with Crippen molar-refractivity contribution < 1.29 is 24.2 Å². The Morgan fingerprint density at radius 3 is 2.26 bits per heavy atom. The highest BCUT2D eigenvalue weighted by Gasteiger charge is 2.29. The molecule has 2 aliphatic carbocycles. The largest absolute Gasteiger partial charge is 0.481 e. The van der Waals surface area contributed by atoms with Crippen LogP contribution in [0.1, 0.15) is 43.2 Å². The zero-order valence-corrected chi connectivity index (χ0v) is 19.2. The van der Waals surface area contributed by atoms with E-state index in [1.807, 2.05) is 31.2 Å². The van der Waals surface area contributed by atoms with Crippen LogP contribution in [0.3, 0.4) is 0 Å². The minimum atomic E-state index is -0.883. The summed E-state index contributed by atoms with van der Waals surface area (Å²) < 4.78 is 5.57. The van der Waals surface area contributed by atoms with Crippen molar-refractivity contribution in [3.63, 3.8) is 0 Å². The van der Waals surface area contributed by atoms with Crippen LogP contribution in [-0.4, -0.2) is 42.3 Å². The Balaban J connectivity index is 1.24. The smallest absolute Gasteiger partial charge is 0.407 e. The van der Waals surface area contributed by atoms with E-state index in [4.69, 9.17) is 9.84 Å². The first-order valence-corrected chi connectivity index (χ1v) is 11.8. The molecular formula is C27H30N2O5. The number of alkyl carbamates (subject to hydrolysis) is 1. The molecule has 0 aliphatic heterocycles. The normalized spacial score (nSPS) is 19.2. The quantitative estimate of drug-likeness (QED) is 0.487. The van der Waals surface area contributed by atoms with Gasteiger partial charge in [0.2, 0.25) is 5.91 Å². The van der Waals surface area contributed by atoms with Crippen LogP contribution in [0.25, 0.3) is 11.1 Å². The Morgan fingerprint density at radius 1 is 1.03 bits per heavy atom. The predicted octanol–water partition coefficient (Wildman–Crippen LogP) is 4.09. The van der Waals surface area contributed by atoms with Crippen molar-refractivity contribution in [2.75, 3.05) is 13.2 Å². The standard InChI is InChI=1S/C27H30N2O5/c1-2-17(13-25(30)29-19-12-11-18(14-19)26(31)32)15-28-27(33)34-16-24-22-9-5-3-7-20(22)21-8-4-6-10-23(21)24/h3-12,17-19,24H,2,13-16H2,1H3,(H,28,33)(H,29,30)(H,31,32). The Kier molecular flexibility index (Phi) is 7.30. The molecular weight excluding hydrogens is 432 g/mol. The number of hydrogen-bond donors (Lipinski definition) is 3. The van der Waals surface area contributed by atoms with Crippen LogP contribution in [0, 0.1) is 11.8 Å². The summed E-state index contributed by atoms with van der Waals surface area (Å²) in [5.41, 5.74) is 4.67. The minimum Gasteiger partial charge on any atom is -0.481 e. The average Bonchev–Trinajstić information content (AvgIpc) is 3.43. The Morgan fingerprint density at radius 2 is 1.68 bits per heavy atom. The van der Waals surface area contributed by atoms with Crippen LogP contribution in [0.15, 0.2) is 60.7 Å². The highest BCUT2D eigenvalue weighted by molar-refractivity contribution is 5.79. The van der Waals surface area contributed by atoms with E-state index in [1.54, 1.807) is 12.2 Å². The van der Waals surface area contributed by atoms with E-state index in [0.717, 1.165) is 17.5 Å². The van der Waals surface area contributed by atoms with Crippen molar-refractivity contribution in [1.82, 2.24) is 10.6 Å². The molecule has 178 valence electrons. The summed E-state index contributed by atoms with van der Waals surface area (Å²) in [5.74, 6) is -1.63. The van der Waals surface area contributed by atoms with Gasteiger partial charge in [-0.3, -0.25) is 9.59 Å². The van der Waals surface area contributed by atoms with E-state index in [1.165, 1.54) is 11.1 Å². The summed E-state index contributed by atoms with van der Waals surface area (Å²) in [7, 11) is 0. The monoisotopic (exact) mass is 462 g/mol. The number of carboxylic acid groups (broad SMARTS) is 1. The summed E-state index contributed by atoms with van der Waals surface area (Å²) in [6, 6.07) is 16.1. The number of carbonyl (C=O) groups excluding carboxylic acids is 2. The molecule has 2 aliphatic rings. The molecule has 3 N–H and O–H groups in total. The van der Waals surface area contributed by atoms with Gasteiger partial charge in [-0.2, -0.15) is 0 Å². The topological polar surface area (TPSA) is 105 Å². The molecule has 0 aromatic heterocycles. The molecule has 0 saturated heterocycles. The van der Waals surface area contributed by atoms with Crippen LogP contribution >= 0.6 is 0 Å². The first kappa shape index (κ1) is 23.5. The second-order valence-electron chi connectivity index (χ2n) is 8.92. The molecule has 0 bridgehead atoms. The molecule has 3 atom stereocenters. The molecule has 2 aromatic rings. The van der Waals surface area contributed by atoms with Gasteiger partial charge in [-0.05, 0) is 34.6 Å². The molecule has 0 radical (unpaired) electrons. The summed E-state index contributed by atoms with van der Waals surface area (Å²) in [4.78, 5) is 35.8. The zero-order valence-electron chi connectivity index (χ0n) is 19.2. The zero-order chi connectivity index (χ0) is 24.1. The van der Waals surface area contributed by atoms with Crippen molar-refractivity contribution in [2.24, 2.45) is 11.8 Å². The van der Waals surface area contributed by atoms with Crippen LogP contribution in [-0.2, 0) is 14.3 Å². The van der Waals surface area contributed by atoms with E-state index in [-0.39, 0.29) is 36.8 Å². The summed E-state index contributed by atoms with van der Waals surface area (Å²) in [6.45, 7) is 2.54. The molecule has 4 rings (SSSR count). The van der Waals surface area contributed by atoms with Gasteiger partial charge < -0.3 is 20.5 Å². The second kappa shape index (κ2) is 10.5. The third-order valence-electron chi connectivity index (χ3n) is 6.68. The minimum absolute atomic E-state index is 0.00000502. The molecule has 34 heavy (non-hydrogen) atoms. The number of benzene rings is 2. The van der Waals surface area contributed by atoms with Gasteiger partial charge in [-0.1, -0.05) is 74.0 Å². The molecule has 0 saturated carbocycles. The first-order valence-electron chi connectivity index (χ1n) is 11.8. The number of carbonyl (C=O) groups is 3. The number of hydrogen-bond acceptors (Lipinski definition) is 4. The number of rotatable bonds is 9. The highest BCUT2D eigenvalue weighted by atomic mass is 16.5. The van der Waals surface area contributed by atoms with E-state index in [2.05, 4.69) is 34.9 Å². The van der Waals surface area contributed by atoms with Gasteiger partial charge >= 0.3 is 12.1 Å². The van der Waals surface area contributed by atoms with Crippen molar-refractivity contribution >= 4 is 18.0 Å². The highest BCUT2D eigenvalue weighted by Crippen LogP contribution is 2.44. The predicted molar refractivity (Wildman–Crippen MR) is 128 cm³/mol. The SMILES string of the molecule is CCC(CNC(=O)OCC1c2ccccc2-c2ccccc21)CC(=O)NC1C=CC(C(=O)O)C1. The Labute approximate surface area is 199 Å². The van der Waals surface area contributed by atoms with Crippen LogP contribution in [0.4, 0.5) is 4.79 Å². The number of aliphatic carboxylic acids is 1. The number of carboxylic acids is 1. The average molecular weight is 463 g/mol. The van der Waals surface area contributed by atoms with E-state index >= 15 is 0 Å². The number of fused-ring (bicyclic) bond motifs is 3. The molecule has 0 fully saturated rings. The fraction of sp³-hybridized carbons (Fsp3) is 0.370. The van der Waals surface area contributed by atoms with E-state index in [9.17, 15) is 14.4 Å². The lowest BCUT2D eigenvalue weighted by Gasteiger charge is -2.18. The second-order valence-corrected chi connectivity index (χ2v) is 8.92.